The van der Waals surface area contributed by atoms with Crippen molar-refractivity contribution in [2.75, 3.05) is 0 Å². The van der Waals surface area contributed by atoms with E-state index >= 15 is 0 Å². The van der Waals surface area contributed by atoms with Crippen LogP contribution >= 0.6 is 11.8 Å². The molecule has 1 heterocycles. The zero-order valence-electron chi connectivity index (χ0n) is 24.4. The normalized spacial score (nSPS) is 11.6. The summed E-state index contributed by atoms with van der Waals surface area (Å²) in [5.41, 5.74) is 4.95. The van der Waals surface area contributed by atoms with Gasteiger partial charge in [-0.05, 0) is 82.9 Å². The van der Waals surface area contributed by atoms with E-state index in [0.717, 1.165) is 0 Å². The highest BCUT2D eigenvalue weighted by atomic mass is 32.2. The molecule has 0 aliphatic carbocycles. The SMILES string of the molecule is c1ccc(-c2ccc3ccccc3c2Sc2c3ccccc3c(-c3cc4ccccc4c4ccccc34)c3cnccc23)cc1. The minimum Gasteiger partial charge on any atom is -0.264 e. The fourth-order valence-electron chi connectivity index (χ4n) is 6.94. The number of pyridine rings is 1. The molecule has 0 amide bonds. The maximum atomic E-state index is 4.70. The first-order valence-corrected chi connectivity index (χ1v) is 16.1. The van der Waals surface area contributed by atoms with Crippen molar-refractivity contribution in [3.63, 3.8) is 0 Å². The molecule has 9 aromatic rings. The summed E-state index contributed by atoms with van der Waals surface area (Å²) < 4.78 is 0. The molecular formula is C43H27NS. The van der Waals surface area contributed by atoms with Crippen molar-refractivity contribution in [1.29, 1.82) is 0 Å². The third-order valence-electron chi connectivity index (χ3n) is 8.98. The Balaban J connectivity index is 1.38. The lowest BCUT2D eigenvalue weighted by Crippen LogP contribution is -1.93. The molecule has 45 heavy (non-hydrogen) atoms. The maximum absolute atomic E-state index is 4.70. The number of rotatable bonds is 4. The maximum Gasteiger partial charge on any atom is 0.0353 e. The zero-order chi connectivity index (χ0) is 29.7. The lowest BCUT2D eigenvalue weighted by atomic mass is 9.88. The van der Waals surface area contributed by atoms with Crippen LogP contribution in [0.5, 0.6) is 0 Å². The summed E-state index contributed by atoms with van der Waals surface area (Å²) in [5, 5.41) is 12.4. The van der Waals surface area contributed by atoms with Gasteiger partial charge >= 0.3 is 0 Å². The van der Waals surface area contributed by atoms with Gasteiger partial charge in [-0.15, -0.1) is 0 Å². The molecule has 0 unspecified atom stereocenters. The van der Waals surface area contributed by atoms with E-state index in [1.807, 2.05) is 18.0 Å². The molecule has 2 heteroatoms. The van der Waals surface area contributed by atoms with Crippen LogP contribution in [0.3, 0.4) is 0 Å². The van der Waals surface area contributed by atoms with Crippen LogP contribution in [0.2, 0.25) is 0 Å². The summed E-state index contributed by atoms with van der Waals surface area (Å²) in [6.45, 7) is 0. The van der Waals surface area contributed by atoms with Crippen molar-refractivity contribution in [3.8, 4) is 22.3 Å². The number of hydrogen-bond donors (Lipinski definition) is 0. The predicted octanol–water partition coefficient (Wildman–Crippen LogP) is 12.3. The summed E-state index contributed by atoms with van der Waals surface area (Å²) in [6.07, 6.45) is 4.00. The van der Waals surface area contributed by atoms with Crippen LogP contribution in [-0.2, 0) is 0 Å². The standard InChI is InChI=1S/C43H27NS/c1-2-12-28(13-3-1)33-23-22-29-14-4-7-17-32(29)42(33)45-43-37-21-11-10-20-36(37)41(40-27-44-25-24-38(40)43)39-26-30-15-5-6-16-31(30)34-18-8-9-19-35(34)39/h1-27H. The molecule has 0 aliphatic heterocycles. The smallest absolute Gasteiger partial charge is 0.0353 e. The van der Waals surface area contributed by atoms with E-state index in [1.165, 1.54) is 85.9 Å². The summed E-state index contributed by atoms with van der Waals surface area (Å²) in [6, 6.07) is 55.0. The molecule has 0 radical (unpaired) electrons. The van der Waals surface area contributed by atoms with Gasteiger partial charge < -0.3 is 0 Å². The van der Waals surface area contributed by atoms with E-state index in [9.17, 15) is 0 Å². The first kappa shape index (κ1) is 26.0. The number of benzene rings is 8. The molecule has 1 nitrogen and oxygen atoms in total. The molecule has 0 saturated carbocycles. The van der Waals surface area contributed by atoms with E-state index in [2.05, 4.69) is 158 Å². The van der Waals surface area contributed by atoms with Crippen LogP contribution in [-0.4, -0.2) is 4.98 Å². The highest BCUT2D eigenvalue weighted by molar-refractivity contribution is 8.00. The second-order valence-electron chi connectivity index (χ2n) is 11.5. The topological polar surface area (TPSA) is 12.9 Å². The Morgan fingerprint density at radius 2 is 1.00 bits per heavy atom. The van der Waals surface area contributed by atoms with Gasteiger partial charge in [0.05, 0.1) is 0 Å². The fraction of sp³-hybridized carbons (Fsp3) is 0. The minimum absolute atomic E-state index is 1.17. The molecule has 0 bridgehead atoms. The van der Waals surface area contributed by atoms with Gasteiger partial charge in [0.2, 0.25) is 0 Å². The van der Waals surface area contributed by atoms with Gasteiger partial charge in [0.25, 0.3) is 0 Å². The van der Waals surface area contributed by atoms with Gasteiger partial charge in [-0.2, -0.15) is 0 Å². The van der Waals surface area contributed by atoms with Gasteiger partial charge in [-0.3, -0.25) is 4.98 Å². The van der Waals surface area contributed by atoms with Gasteiger partial charge in [-0.25, -0.2) is 0 Å². The van der Waals surface area contributed by atoms with Crippen molar-refractivity contribution in [2.45, 2.75) is 9.79 Å². The molecule has 0 spiro atoms. The average Bonchev–Trinajstić information content (AvgIpc) is 3.12. The largest absolute Gasteiger partial charge is 0.264 e. The van der Waals surface area contributed by atoms with Crippen LogP contribution in [0.15, 0.2) is 174 Å². The van der Waals surface area contributed by atoms with Crippen LogP contribution < -0.4 is 0 Å². The Bertz CT molecular complexity index is 2510. The molecule has 0 saturated heterocycles. The third-order valence-corrected chi connectivity index (χ3v) is 10.3. The highest BCUT2D eigenvalue weighted by Crippen LogP contribution is 2.50. The monoisotopic (exact) mass is 589 g/mol. The molecule has 0 aliphatic rings. The summed E-state index contributed by atoms with van der Waals surface area (Å²) in [7, 11) is 0. The second kappa shape index (κ2) is 10.6. The zero-order valence-corrected chi connectivity index (χ0v) is 25.3. The van der Waals surface area contributed by atoms with Crippen LogP contribution in [0, 0.1) is 0 Å². The Morgan fingerprint density at radius 1 is 0.378 bits per heavy atom. The fourth-order valence-corrected chi connectivity index (χ4v) is 8.31. The first-order valence-electron chi connectivity index (χ1n) is 15.3. The van der Waals surface area contributed by atoms with E-state index in [-0.39, 0.29) is 0 Å². The lowest BCUT2D eigenvalue weighted by molar-refractivity contribution is 1.36. The van der Waals surface area contributed by atoms with E-state index < -0.39 is 0 Å². The Labute approximate surface area is 265 Å². The first-order chi connectivity index (χ1) is 22.3. The molecule has 0 fully saturated rings. The van der Waals surface area contributed by atoms with Gasteiger partial charge in [-0.1, -0.05) is 151 Å². The number of fused-ring (bicyclic) bond motifs is 6. The molecule has 0 N–H and O–H groups in total. The molecule has 9 rings (SSSR count). The Hall–Kier alpha value is -5.44. The van der Waals surface area contributed by atoms with Gasteiger partial charge in [0.15, 0.2) is 0 Å². The van der Waals surface area contributed by atoms with Crippen LogP contribution in [0.1, 0.15) is 0 Å². The third kappa shape index (κ3) is 4.22. The van der Waals surface area contributed by atoms with E-state index in [1.54, 1.807) is 0 Å². The van der Waals surface area contributed by atoms with Crippen molar-refractivity contribution in [2.24, 2.45) is 0 Å². The minimum atomic E-state index is 1.17. The number of hydrogen-bond acceptors (Lipinski definition) is 2. The number of nitrogens with zero attached hydrogens (tertiary/aromatic N) is 1. The van der Waals surface area contributed by atoms with Crippen LogP contribution in [0.25, 0.3) is 76.1 Å². The van der Waals surface area contributed by atoms with Crippen molar-refractivity contribution in [3.05, 3.63) is 164 Å². The summed E-state index contributed by atoms with van der Waals surface area (Å²) in [5.74, 6) is 0. The average molecular weight is 590 g/mol. The van der Waals surface area contributed by atoms with Crippen molar-refractivity contribution < 1.29 is 0 Å². The van der Waals surface area contributed by atoms with Crippen molar-refractivity contribution in [1.82, 2.24) is 4.98 Å². The van der Waals surface area contributed by atoms with Gasteiger partial charge in [0.1, 0.15) is 0 Å². The summed E-state index contributed by atoms with van der Waals surface area (Å²) >= 11 is 1.88. The van der Waals surface area contributed by atoms with Gasteiger partial charge in [0, 0.05) is 27.6 Å². The summed E-state index contributed by atoms with van der Waals surface area (Å²) in [4.78, 5) is 7.23. The Morgan fingerprint density at radius 3 is 1.82 bits per heavy atom. The van der Waals surface area contributed by atoms with E-state index in [4.69, 9.17) is 4.98 Å². The molecule has 8 aromatic carbocycles. The second-order valence-corrected chi connectivity index (χ2v) is 12.5. The highest BCUT2D eigenvalue weighted by Gasteiger charge is 2.20. The van der Waals surface area contributed by atoms with E-state index in [0.29, 0.717) is 0 Å². The Kier molecular flexibility index (Phi) is 6.14. The molecule has 0 atom stereocenters. The quantitative estimate of drug-likeness (QED) is 0.150. The van der Waals surface area contributed by atoms with Crippen LogP contribution in [0.4, 0.5) is 0 Å². The lowest BCUT2D eigenvalue weighted by Gasteiger charge is -2.20. The molecule has 210 valence electrons. The predicted molar refractivity (Wildman–Crippen MR) is 193 cm³/mol. The molecule has 1 aromatic heterocycles. The number of aromatic nitrogens is 1. The van der Waals surface area contributed by atoms with Crippen molar-refractivity contribution >= 4 is 65.6 Å². The molecular weight excluding hydrogens is 563 g/mol.